The summed E-state index contributed by atoms with van der Waals surface area (Å²) in [6, 6.07) is 9.74. The van der Waals surface area contributed by atoms with E-state index in [1.807, 2.05) is 17.1 Å². The van der Waals surface area contributed by atoms with Crippen LogP contribution in [-0.4, -0.2) is 41.1 Å². The highest BCUT2D eigenvalue weighted by atomic mass is 15.1. The summed E-state index contributed by atoms with van der Waals surface area (Å²) in [5, 5.41) is 3.70. The number of imidazole rings is 1. The maximum atomic E-state index is 4.09. The number of benzene rings is 1. The van der Waals surface area contributed by atoms with E-state index >= 15 is 0 Å². The van der Waals surface area contributed by atoms with Gasteiger partial charge in [-0.3, -0.25) is 0 Å². The fraction of sp³-hybridized carbons (Fsp3) is 0.500. The molecule has 0 saturated heterocycles. The van der Waals surface area contributed by atoms with E-state index < -0.39 is 0 Å². The van der Waals surface area contributed by atoms with Gasteiger partial charge in [0.05, 0.1) is 6.33 Å². The third-order valence-electron chi connectivity index (χ3n) is 4.66. The Morgan fingerprint density at radius 2 is 2.00 bits per heavy atom. The molecule has 1 aromatic carbocycles. The van der Waals surface area contributed by atoms with Crippen molar-refractivity contribution in [3.8, 4) is 5.69 Å². The lowest BCUT2D eigenvalue weighted by atomic mass is 10.1. The number of nitrogens with one attached hydrogen (secondary N) is 1. The summed E-state index contributed by atoms with van der Waals surface area (Å²) in [5.74, 6) is 0.887. The molecule has 0 unspecified atom stereocenters. The quantitative estimate of drug-likeness (QED) is 0.853. The van der Waals surface area contributed by atoms with Crippen LogP contribution in [0.5, 0.6) is 0 Å². The van der Waals surface area contributed by atoms with Gasteiger partial charge < -0.3 is 14.8 Å². The van der Waals surface area contributed by atoms with E-state index in [1.54, 1.807) is 6.20 Å². The molecule has 2 aromatic rings. The summed E-state index contributed by atoms with van der Waals surface area (Å²) in [6.45, 7) is 3.30. The number of rotatable bonds is 7. The average molecular weight is 298 g/mol. The number of nitrogens with zero attached hydrogens (tertiary/aromatic N) is 3. The molecule has 2 atom stereocenters. The smallest absolute Gasteiger partial charge is 0.0991 e. The second-order valence-electron chi connectivity index (χ2n) is 6.56. The first kappa shape index (κ1) is 15.3. The van der Waals surface area contributed by atoms with Crippen LogP contribution in [0.3, 0.4) is 0 Å². The molecule has 1 saturated carbocycles. The van der Waals surface area contributed by atoms with Gasteiger partial charge in [-0.05, 0) is 57.5 Å². The van der Waals surface area contributed by atoms with Crippen molar-refractivity contribution in [3.63, 3.8) is 0 Å². The van der Waals surface area contributed by atoms with Crippen LogP contribution in [0, 0.1) is 5.92 Å². The van der Waals surface area contributed by atoms with Crippen LogP contribution in [0.2, 0.25) is 0 Å². The molecule has 0 spiro atoms. The van der Waals surface area contributed by atoms with Gasteiger partial charge in [0.25, 0.3) is 0 Å². The van der Waals surface area contributed by atoms with E-state index in [9.17, 15) is 0 Å². The zero-order chi connectivity index (χ0) is 15.5. The lowest BCUT2D eigenvalue weighted by Gasteiger charge is -2.26. The van der Waals surface area contributed by atoms with E-state index in [-0.39, 0.29) is 0 Å². The zero-order valence-corrected chi connectivity index (χ0v) is 13.7. The molecule has 3 rings (SSSR count). The minimum absolute atomic E-state index is 0.373. The molecule has 118 valence electrons. The Labute approximate surface area is 133 Å². The van der Waals surface area contributed by atoms with Gasteiger partial charge in [-0.15, -0.1) is 0 Å². The third-order valence-corrected chi connectivity index (χ3v) is 4.66. The van der Waals surface area contributed by atoms with Gasteiger partial charge in [0.2, 0.25) is 0 Å². The molecule has 0 radical (unpaired) electrons. The van der Waals surface area contributed by atoms with Crippen LogP contribution >= 0.6 is 0 Å². The van der Waals surface area contributed by atoms with Crippen molar-refractivity contribution in [2.75, 3.05) is 20.6 Å². The largest absolute Gasteiger partial charge is 0.309 e. The summed E-state index contributed by atoms with van der Waals surface area (Å²) in [4.78, 5) is 6.45. The topological polar surface area (TPSA) is 33.1 Å². The molecule has 0 amide bonds. The van der Waals surface area contributed by atoms with Crippen molar-refractivity contribution in [1.29, 1.82) is 0 Å². The van der Waals surface area contributed by atoms with Crippen molar-refractivity contribution in [3.05, 3.63) is 48.5 Å². The van der Waals surface area contributed by atoms with Gasteiger partial charge in [0, 0.05) is 36.7 Å². The molecule has 4 heteroatoms. The Hall–Kier alpha value is -1.65. The average Bonchev–Trinajstić information content (AvgIpc) is 3.20. The minimum Gasteiger partial charge on any atom is -0.309 e. The van der Waals surface area contributed by atoms with Gasteiger partial charge >= 0.3 is 0 Å². The molecular weight excluding hydrogens is 272 g/mol. The lowest BCUT2D eigenvalue weighted by molar-refractivity contribution is 0.250. The monoisotopic (exact) mass is 298 g/mol. The van der Waals surface area contributed by atoms with Crippen LogP contribution < -0.4 is 5.32 Å². The van der Waals surface area contributed by atoms with Crippen LogP contribution in [0.25, 0.3) is 5.69 Å². The van der Waals surface area contributed by atoms with E-state index in [4.69, 9.17) is 0 Å². The van der Waals surface area contributed by atoms with Crippen molar-refractivity contribution in [2.24, 2.45) is 5.92 Å². The predicted octanol–water partition coefficient (Wildman–Crippen LogP) is 2.86. The van der Waals surface area contributed by atoms with E-state index in [2.05, 4.69) is 60.5 Å². The Morgan fingerprint density at radius 3 is 2.55 bits per heavy atom. The maximum Gasteiger partial charge on any atom is 0.0991 e. The second kappa shape index (κ2) is 6.63. The highest BCUT2D eigenvalue weighted by molar-refractivity contribution is 5.35. The lowest BCUT2D eigenvalue weighted by Crippen LogP contribution is -2.40. The first-order chi connectivity index (χ1) is 10.6. The second-order valence-corrected chi connectivity index (χ2v) is 6.56. The molecule has 1 aliphatic carbocycles. The van der Waals surface area contributed by atoms with Crippen molar-refractivity contribution in [2.45, 2.75) is 31.8 Å². The number of likely N-dealkylation sites (N-methyl/N-ethyl adjacent to an activating group) is 1. The van der Waals surface area contributed by atoms with Gasteiger partial charge in [-0.2, -0.15) is 0 Å². The van der Waals surface area contributed by atoms with Crippen LogP contribution in [0.4, 0.5) is 0 Å². The number of hydrogen-bond donors (Lipinski definition) is 1. The van der Waals surface area contributed by atoms with Gasteiger partial charge in [0.1, 0.15) is 0 Å². The summed E-state index contributed by atoms with van der Waals surface area (Å²) in [7, 11) is 4.38. The Kier molecular flexibility index (Phi) is 4.60. The molecule has 1 aliphatic rings. The molecule has 0 bridgehead atoms. The van der Waals surface area contributed by atoms with Crippen LogP contribution in [0.15, 0.2) is 43.0 Å². The van der Waals surface area contributed by atoms with Gasteiger partial charge in [-0.1, -0.05) is 12.1 Å². The van der Waals surface area contributed by atoms with E-state index in [1.165, 1.54) is 18.4 Å². The first-order valence-electron chi connectivity index (χ1n) is 8.13. The predicted molar refractivity (Wildman–Crippen MR) is 90.2 cm³/mol. The van der Waals surface area contributed by atoms with Crippen LogP contribution in [0.1, 0.15) is 31.4 Å². The summed E-state index contributed by atoms with van der Waals surface area (Å²) >= 11 is 0. The third kappa shape index (κ3) is 3.57. The fourth-order valence-electron chi connectivity index (χ4n) is 3.01. The summed E-state index contributed by atoms with van der Waals surface area (Å²) < 4.78 is 2.02. The molecule has 1 aromatic heterocycles. The molecule has 22 heavy (non-hydrogen) atoms. The molecule has 1 heterocycles. The standard InChI is InChI=1S/C18H26N4/c1-14(20-12-18(21(2)3)16-4-5-16)15-6-8-17(9-7-15)22-11-10-19-13-22/h6-11,13-14,16,18,20H,4-5,12H2,1-3H3/t14-,18-/m1/s1. The Morgan fingerprint density at radius 1 is 1.27 bits per heavy atom. The van der Waals surface area contributed by atoms with Crippen LogP contribution in [-0.2, 0) is 0 Å². The number of aromatic nitrogens is 2. The molecular formula is C18H26N4. The van der Waals surface area contributed by atoms with Crippen molar-refractivity contribution < 1.29 is 0 Å². The highest BCUT2D eigenvalue weighted by Gasteiger charge is 2.32. The molecule has 1 fully saturated rings. The van der Waals surface area contributed by atoms with Crippen molar-refractivity contribution in [1.82, 2.24) is 19.8 Å². The molecule has 0 aliphatic heterocycles. The SMILES string of the molecule is C[C@@H](NC[C@H](C1CC1)N(C)C)c1ccc(-n2ccnc2)cc1. The summed E-state index contributed by atoms with van der Waals surface area (Å²) in [5.41, 5.74) is 2.48. The molecule has 1 N–H and O–H groups in total. The van der Waals surface area contributed by atoms with Gasteiger partial charge in [0.15, 0.2) is 0 Å². The number of hydrogen-bond acceptors (Lipinski definition) is 3. The minimum atomic E-state index is 0.373. The van der Waals surface area contributed by atoms with E-state index in [0.29, 0.717) is 12.1 Å². The van der Waals surface area contributed by atoms with Crippen molar-refractivity contribution >= 4 is 0 Å². The van der Waals surface area contributed by atoms with Gasteiger partial charge in [-0.25, -0.2) is 4.98 Å². The highest BCUT2D eigenvalue weighted by Crippen LogP contribution is 2.34. The Balaban J connectivity index is 1.59. The normalized spacial score (nSPS) is 17.6. The Bertz CT molecular complexity index is 568. The summed E-state index contributed by atoms with van der Waals surface area (Å²) in [6.07, 6.45) is 8.37. The first-order valence-corrected chi connectivity index (χ1v) is 8.13. The maximum absolute atomic E-state index is 4.09. The fourth-order valence-corrected chi connectivity index (χ4v) is 3.01. The van der Waals surface area contributed by atoms with E-state index in [0.717, 1.165) is 18.2 Å². The zero-order valence-electron chi connectivity index (χ0n) is 13.7. The molecule has 4 nitrogen and oxygen atoms in total.